The zero-order valence-corrected chi connectivity index (χ0v) is 13.5. The third-order valence-corrected chi connectivity index (χ3v) is 4.30. The van der Waals surface area contributed by atoms with E-state index < -0.39 is 6.10 Å². The van der Waals surface area contributed by atoms with E-state index in [1.807, 2.05) is 38.1 Å². The van der Waals surface area contributed by atoms with Gasteiger partial charge in [0.05, 0.1) is 12.5 Å². The second-order valence-corrected chi connectivity index (χ2v) is 5.96. The molecule has 0 bridgehead atoms. The summed E-state index contributed by atoms with van der Waals surface area (Å²) in [6, 6.07) is 7.67. The quantitative estimate of drug-likeness (QED) is 0.783. The number of hydrogen-bond donors (Lipinski definition) is 0. The number of carbonyl (C=O) groups excluding carboxylic acids is 2. The lowest BCUT2D eigenvalue weighted by molar-refractivity contribution is -0.151. The van der Waals surface area contributed by atoms with Crippen LogP contribution < -0.4 is 4.74 Å². The first-order valence-electron chi connectivity index (χ1n) is 7.94. The molecule has 0 spiro atoms. The van der Waals surface area contributed by atoms with Gasteiger partial charge in [0.15, 0.2) is 11.9 Å². The van der Waals surface area contributed by atoms with Crippen LogP contribution in [0.15, 0.2) is 24.3 Å². The topological polar surface area (TPSA) is 52.6 Å². The van der Waals surface area contributed by atoms with Gasteiger partial charge in [0, 0.05) is 6.42 Å². The van der Waals surface area contributed by atoms with Gasteiger partial charge in [-0.1, -0.05) is 24.6 Å². The van der Waals surface area contributed by atoms with Gasteiger partial charge >= 0.3 is 5.97 Å². The Bertz CT molecular complexity index is 520. The molecule has 22 heavy (non-hydrogen) atoms. The largest absolute Gasteiger partial charge is 0.483 e. The highest BCUT2D eigenvalue weighted by molar-refractivity contribution is 5.84. The molecule has 0 amide bonds. The Hall–Kier alpha value is -1.84. The molecule has 1 aliphatic rings. The number of ether oxygens (including phenoxy) is 2. The van der Waals surface area contributed by atoms with Gasteiger partial charge in [-0.2, -0.15) is 0 Å². The van der Waals surface area contributed by atoms with Gasteiger partial charge in [-0.15, -0.1) is 0 Å². The zero-order valence-electron chi connectivity index (χ0n) is 13.5. The van der Waals surface area contributed by atoms with E-state index in [0.717, 1.165) is 12.0 Å². The molecular weight excluding hydrogens is 280 g/mol. The summed E-state index contributed by atoms with van der Waals surface area (Å²) < 4.78 is 10.9. The summed E-state index contributed by atoms with van der Waals surface area (Å²) in [5.74, 6) is 0.571. The fourth-order valence-electron chi connectivity index (χ4n) is 2.83. The van der Waals surface area contributed by atoms with Crippen LogP contribution >= 0.6 is 0 Å². The van der Waals surface area contributed by atoms with Crippen LogP contribution in [0.3, 0.4) is 0 Å². The average Bonchev–Trinajstić information content (AvgIpc) is 2.51. The molecule has 4 nitrogen and oxygen atoms in total. The second-order valence-electron chi connectivity index (χ2n) is 5.96. The fourth-order valence-corrected chi connectivity index (χ4v) is 2.83. The van der Waals surface area contributed by atoms with Crippen molar-refractivity contribution >= 4 is 11.8 Å². The van der Waals surface area contributed by atoms with Gasteiger partial charge in [-0.3, -0.25) is 9.59 Å². The van der Waals surface area contributed by atoms with E-state index in [-0.39, 0.29) is 23.6 Å². The van der Waals surface area contributed by atoms with Crippen molar-refractivity contribution in [2.45, 2.75) is 46.1 Å². The molecule has 1 aromatic rings. The lowest BCUT2D eigenvalue weighted by Gasteiger charge is -2.31. The van der Waals surface area contributed by atoms with E-state index in [4.69, 9.17) is 9.47 Å². The summed E-state index contributed by atoms with van der Waals surface area (Å²) in [6.07, 6.45) is 1.31. The molecule has 3 atom stereocenters. The van der Waals surface area contributed by atoms with Crippen molar-refractivity contribution in [3.8, 4) is 5.75 Å². The van der Waals surface area contributed by atoms with E-state index in [2.05, 4.69) is 0 Å². The molecule has 0 aromatic heterocycles. The van der Waals surface area contributed by atoms with Crippen LogP contribution in [0.4, 0.5) is 0 Å². The van der Waals surface area contributed by atoms with Crippen molar-refractivity contribution in [2.24, 2.45) is 11.8 Å². The van der Waals surface area contributed by atoms with Crippen molar-refractivity contribution in [3.05, 3.63) is 29.8 Å². The maximum absolute atomic E-state index is 12.1. The molecule has 1 saturated carbocycles. The van der Waals surface area contributed by atoms with E-state index >= 15 is 0 Å². The minimum absolute atomic E-state index is 0.118. The lowest BCUT2D eigenvalue weighted by Crippen LogP contribution is -2.38. The summed E-state index contributed by atoms with van der Waals surface area (Å²) in [6.45, 7) is 6.07. The Morgan fingerprint density at radius 3 is 2.64 bits per heavy atom. The molecule has 0 saturated heterocycles. The number of aryl methyl sites for hydroxylation is 1. The van der Waals surface area contributed by atoms with Crippen LogP contribution in [-0.2, 0) is 14.3 Å². The molecule has 1 fully saturated rings. The van der Waals surface area contributed by atoms with Crippen molar-refractivity contribution < 1.29 is 19.1 Å². The SMILES string of the molecule is CCOC(=O)C(C)C1CCC(=O)C(Oc2ccc(C)cc2)C1. The first kappa shape index (κ1) is 16.5. The standard InChI is InChI=1S/C18H24O4/c1-4-21-18(20)13(3)14-7-10-16(19)17(11-14)22-15-8-5-12(2)6-9-15/h5-6,8-9,13-14,17H,4,7,10-11H2,1-3H3. The fraction of sp³-hybridized carbons (Fsp3) is 0.556. The number of benzene rings is 1. The first-order chi connectivity index (χ1) is 10.5. The van der Waals surface area contributed by atoms with Gasteiger partial charge in [0.25, 0.3) is 0 Å². The Kier molecular flexibility index (Phi) is 5.58. The second kappa shape index (κ2) is 7.43. The molecule has 1 aliphatic carbocycles. The lowest BCUT2D eigenvalue weighted by atomic mass is 9.79. The van der Waals surface area contributed by atoms with Crippen LogP contribution in [0.2, 0.25) is 0 Å². The van der Waals surface area contributed by atoms with Crippen molar-refractivity contribution in [3.63, 3.8) is 0 Å². The van der Waals surface area contributed by atoms with Gasteiger partial charge < -0.3 is 9.47 Å². The summed E-state index contributed by atoms with van der Waals surface area (Å²) in [4.78, 5) is 24.0. The Morgan fingerprint density at radius 2 is 2.00 bits per heavy atom. The van der Waals surface area contributed by atoms with Gasteiger partial charge in [0.2, 0.25) is 0 Å². The number of ketones is 1. The van der Waals surface area contributed by atoms with Crippen LogP contribution in [0.5, 0.6) is 5.75 Å². The van der Waals surface area contributed by atoms with Crippen LogP contribution in [-0.4, -0.2) is 24.5 Å². The molecule has 0 N–H and O–H groups in total. The normalized spacial score (nSPS) is 23.0. The average molecular weight is 304 g/mol. The highest BCUT2D eigenvalue weighted by atomic mass is 16.5. The van der Waals surface area contributed by atoms with E-state index in [9.17, 15) is 9.59 Å². The molecule has 120 valence electrons. The van der Waals surface area contributed by atoms with Crippen LogP contribution in [0.1, 0.15) is 38.7 Å². The number of carbonyl (C=O) groups is 2. The summed E-state index contributed by atoms with van der Waals surface area (Å²) >= 11 is 0. The Labute approximate surface area is 131 Å². The van der Waals surface area contributed by atoms with Gasteiger partial charge in [-0.05, 0) is 44.7 Å². The maximum atomic E-state index is 12.1. The number of esters is 1. The zero-order chi connectivity index (χ0) is 16.1. The Morgan fingerprint density at radius 1 is 1.32 bits per heavy atom. The van der Waals surface area contributed by atoms with E-state index in [0.29, 0.717) is 25.2 Å². The third kappa shape index (κ3) is 4.09. The summed E-state index contributed by atoms with van der Waals surface area (Å²) in [5.41, 5.74) is 1.15. The van der Waals surface area contributed by atoms with E-state index in [1.165, 1.54) is 0 Å². The third-order valence-electron chi connectivity index (χ3n) is 4.30. The van der Waals surface area contributed by atoms with Crippen LogP contribution in [0.25, 0.3) is 0 Å². The number of Topliss-reactive ketones (excluding diaryl/α,β-unsaturated/α-hetero) is 1. The molecule has 0 radical (unpaired) electrons. The number of rotatable bonds is 5. The Balaban J connectivity index is 2.00. The van der Waals surface area contributed by atoms with Crippen molar-refractivity contribution in [1.29, 1.82) is 0 Å². The summed E-state index contributed by atoms with van der Waals surface area (Å²) in [5, 5.41) is 0. The smallest absolute Gasteiger partial charge is 0.308 e. The highest BCUT2D eigenvalue weighted by Crippen LogP contribution is 2.31. The molecule has 0 heterocycles. The molecule has 0 aliphatic heterocycles. The predicted octanol–water partition coefficient (Wildman–Crippen LogP) is 3.31. The van der Waals surface area contributed by atoms with Crippen molar-refractivity contribution in [2.75, 3.05) is 6.61 Å². The first-order valence-corrected chi connectivity index (χ1v) is 7.94. The minimum atomic E-state index is -0.460. The van der Waals surface area contributed by atoms with Gasteiger partial charge in [0.1, 0.15) is 5.75 Å². The van der Waals surface area contributed by atoms with E-state index in [1.54, 1.807) is 6.92 Å². The molecule has 4 heteroatoms. The molecule has 2 rings (SSSR count). The molecule has 3 unspecified atom stereocenters. The van der Waals surface area contributed by atoms with Crippen molar-refractivity contribution in [1.82, 2.24) is 0 Å². The van der Waals surface area contributed by atoms with Crippen LogP contribution in [0, 0.1) is 18.8 Å². The molecular formula is C18H24O4. The monoisotopic (exact) mass is 304 g/mol. The summed E-state index contributed by atoms with van der Waals surface area (Å²) in [7, 11) is 0. The maximum Gasteiger partial charge on any atom is 0.308 e. The predicted molar refractivity (Wildman–Crippen MR) is 83.7 cm³/mol. The minimum Gasteiger partial charge on any atom is -0.483 e. The molecule has 1 aromatic carbocycles. The number of hydrogen-bond acceptors (Lipinski definition) is 4. The van der Waals surface area contributed by atoms with Gasteiger partial charge in [-0.25, -0.2) is 0 Å². The highest BCUT2D eigenvalue weighted by Gasteiger charge is 2.35.